The molecule has 5 nitrogen and oxygen atoms in total. The van der Waals surface area contributed by atoms with E-state index in [-0.39, 0.29) is 12.6 Å². The monoisotopic (exact) mass is 416 g/mol. The van der Waals surface area contributed by atoms with E-state index in [0.717, 1.165) is 20.9 Å². The second-order valence-electron chi connectivity index (χ2n) is 5.43. The van der Waals surface area contributed by atoms with Crippen LogP contribution in [0.5, 0.6) is 11.5 Å². The van der Waals surface area contributed by atoms with Crippen molar-refractivity contribution in [2.45, 2.75) is 0 Å². The Morgan fingerprint density at radius 2 is 1.96 bits per heavy atom. The molecule has 0 radical (unpaired) electrons. The van der Waals surface area contributed by atoms with Gasteiger partial charge in [-0.3, -0.25) is 4.79 Å². The van der Waals surface area contributed by atoms with Crippen molar-refractivity contribution in [3.8, 4) is 11.5 Å². The van der Waals surface area contributed by atoms with Crippen LogP contribution in [0, 0.1) is 0 Å². The highest BCUT2D eigenvalue weighted by molar-refractivity contribution is 9.10. The second kappa shape index (κ2) is 6.42. The number of carbonyl (C=O) groups is 1. The molecule has 4 rings (SSSR count). The van der Waals surface area contributed by atoms with Crippen LogP contribution in [0.4, 0.5) is 16.4 Å². The molecule has 25 heavy (non-hydrogen) atoms. The molecule has 2 aromatic carbocycles. The predicted octanol–water partition coefficient (Wildman–Crippen LogP) is 4.80. The van der Waals surface area contributed by atoms with Gasteiger partial charge in [0.15, 0.2) is 11.5 Å². The first-order valence-corrected chi connectivity index (χ1v) is 9.07. The van der Waals surface area contributed by atoms with Gasteiger partial charge in [0, 0.05) is 21.8 Å². The highest BCUT2D eigenvalue weighted by atomic mass is 79.9. The number of carbonyl (C=O) groups excluding carboxylic acids is 1. The molecule has 7 heteroatoms. The Labute approximate surface area is 156 Å². The third kappa shape index (κ3) is 3.20. The Hall–Kier alpha value is -2.51. The van der Waals surface area contributed by atoms with E-state index in [0.29, 0.717) is 21.9 Å². The van der Waals surface area contributed by atoms with Gasteiger partial charge in [0.1, 0.15) is 4.88 Å². The van der Waals surface area contributed by atoms with E-state index in [4.69, 9.17) is 15.2 Å². The normalized spacial score (nSPS) is 12.2. The summed E-state index contributed by atoms with van der Waals surface area (Å²) in [4.78, 5) is 13.2. The summed E-state index contributed by atoms with van der Waals surface area (Å²) in [6.07, 6.45) is 0. The topological polar surface area (TPSA) is 73.6 Å². The summed E-state index contributed by atoms with van der Waals surface area (Å²) in [5, 5.41) is 4.04. The summed E-state index contributed by atoms with van der Waals surface area (Å²) < 4.78 is 11.5. The van der Waals surface area contributed by atoms with E-state index in [1.54, 1.807) is 18.2 Å². The number of ketones is 1. The molecule has 0 atom stereocenters. The van der Waals surface area contributed by atoms with Gasteiger partial charge < -0.3 is 20.5 Å². The van der Waals surface area contributed by atoms with Gasteiger partial charge in [-0.05, 0) is 30.3 Å². The highest BCUT2D eigenvalue weighted by Gasteiger charge is 2.18. The lowest BCUT2D eigenvalue weighted by molar-refractivity contribution is 0.104. The zero-order valence-electron chi connectivity index (χ0n) is 12.9. The Morgan fingerprint density at radius 1 is 1.12 bits per heavy atom. The SMILES string of the molecule is Nc1cc(Nc2ccc3c(c2)OCO3)sc1C(=O)c1cccc(Br)c1. The van der Waals surface area contributed by atoms with Crippen molar-refractivity contribution in [2.75, 3.05) is 17.8 Å². The van der Waals surface area contributed by atoms with Crippen LogP contribution in [0.3, 0.4) is 0 Å². The van der Waals surface area contributed by atoms with Crippen LogP contribution in [0.15, 0.2) is 53.0 Å². The average molecular weight is 417 g/mol. The van der Waals surface area contributed by atoms with Crippen molar-refractivity contribution in [2.24, 2.45) is 0 Å². The van der Waals surface area contributed by atoms with Gasteiger partial charge >= 0.3 is 0 Å². The van der Waals surface area contributed by atoms with Crippen LogP contribution in [-0.4, -0.2) is 12.6 Å². The number of hydrogen-bond acceptors (Lipinski definition) is 6. The number of thiophene rings is 1. The number of benzene rings is 2. The molecule has 126 valence electrons. The summed E-state index contributed by atoms with van der Waals surface area (Å²) in [5.74, 6) is 1.32. The number of hydrogen-bond donors (Lipinski definition) is 2. The van der Waals surface area contributed by atoms with Crippen molar-refractivity contribution in [1.29, 1.82) is 0 Å². The first-order chi connectivity index (χ1) is 12.1. The first kappa shape index (κ1) is 16.0. The Kier molecular flexibility index (Phi) is 4.10. The summed E-state index contributed by atoms with van der Waals surface area (Å²) in [7, 11) is 0. The van der Waals surface area contributed by atoms with Crippen molar-refractivity contribution < 1.29 is 14.3 Å². The summed E-state index contributed by atoms with van der Waals surface area (Å²) in [6, 6.07) is 14.6. The zero-order chi connectivity index (χ0) is 17.4. The van der Waals surface area contributed by atoms with Crippen LogP contribution in [0.2, 0.25) is 0 Å². The summed E-state index contributed by atoms with van der Waals surface area (Å²) in [6.45, 7) is 0.232. The maximum atomic E-state index is 12.7. The molecular formula is C18H13BrN2O3S. The smallest absolute Gasteiger partial charge is 0.231 e. The van der Waals surface area contributed by atoms with E-state index in [1.165, 1.54) is 11.3 Å². The van der Waals surface area contributed by atoms with E-state index in [2.05, 4.69) is 21.2 Å². The Morgan fingerprint density at radius 3 is 2.80 bits per heavy atom. The number of nitrogen functional groups attached to an aromatic ring is 1. The van der Waals surface area contributed by atoms with Crippen LogP contribution >= 0.6 is 27.3 Å². The fourth-order valence-electron chi connectivity index (χ4n) is 2.52. The number of nitrogens with one attached hydrogen (secondary N) is 1. The zero-order valence-corrected chi connectivity index (χ0v) is 15.3. The van der Waals surface area contributed by atoms with Gasteiger partial charge in [-0.1, -0.05) is 28.1 Å². The molecule has 0 saturated carbocycles. The minimum absolute atomic E-state index is 0.0949. The standard InChI is InChI=1S/C18H13BrN2O3S/c19-11-3-1-2-10(6-11)17(22)18-13(20)8-16(25-18)21-12-4-5-14-15(7-12)24-9-23-14/h1-8,21H,9,20H2. The average Bonchev–Trinajstić information content (AvgIpc) is 3.20. The predicted molar refractivity (Wildman–Crippen MR) is 102 cm³/mol. The van der Waals surface area contributed by atoms with Crippen molar-refractivity contribution in [3.05, 3.63) is 63.4 Å². The van der Waals surface area contributed by atoms with E-state index in [1.807, 2.05) is 30.3 Å². The molecule has 2 heterocycles. The quantitative estimate of drug-likeness (QED) is 0.597. The number of rotatable bonds is 4. The maximum absolute atomic E-state index is 12.7. The Balaban J connectivity index is 1.59. The van der Waals surface area contributed by atoms with E-state index >= 15 is 0 Å². The minimum atomic E-state index is -0.0949. The fourth-order valence-corrected chi connectivity index (χ4v) is 3.88. The lowest BCUT2D eigenvalue weighted by Gasteiger charge is -2.04. The summed E-state index contributed by atoms with van der Waals surface area (Å²) in [5.41, 5.74) is 7.95. The van der Waals surface area contributed by atoms with E-state index in [9.17, 15) is 4.79 Å². The molecule has 0 unspecified atom stereocenters. The third-order valence-corrected chi connectivity index (χ3v) is 5.25. The van der Waals surface area contributed by atoms with Crippen molar-refractivity contribution >= 4 is 49.4 Å². The second-order valence-corrected chi connectivity index (χ2v) is 7.40. The summed E-state index contributed by atoms with van der Waals surface area (Å²) >= 11 is 4.70. The lowest BCUT2D eigenvalue weighted by atomic mass is 10.1. The molecule has 1 aliphatic rings. The molecule has 0 amide bonds. The molecule has 1 aromatic heterocycles. The van der Waals surface area contributed by atoms with Gasteiger partial charge in [-0.25, -0.2) is 0 Å². The number of nitrogens with two attached hydrogens (primary N) is 1. The van der Waals surface area contributed by atoms with Gasteiger partial charge in [0.25, 0.3) is 0 Å². The lowest BCUT2D eigenvalue weighted by Crippen LogP contribution is -2.01. The number of ether oxygens (including phenoxy) is 2. The highest BCUT2D eigenvalue weighted by Crippen LogP contribution is 2.37. The van der Waals surface area contributed by atoms with Crippen LogP contribution in [0.25, 0.3) is 0 Å². The molecule has 0 bridgehead atoms. The Bertz CT molecular complexity index is 971. The minimum Gasteiger partial charge on any atom is -0.454 e. The van der Waals surface area contributed by atoms with Gasteiger partial charge in [0.2, 0.25) is 12.6 Å². The molecule has 3 N–H and O–H groups in total. The van der Waals surface area contributed by atoms with Crippen molar-refractivity contribution in [1.82, 2.24) is 0 Å². The molecule has 1 aliphatic heterocycles. The maximum Gasteiger partial charge on any atom is 0.231 e. The van der Waals surface area contributed by atoms with Crippen molar-refractivity contribution in [3.63, 3.8) is 0 Å². The largest absolute Gasteiger partial charge is 0.454 e. The molecule has 0 fully saturated rings. The van der Waals surface area contributed by atoms with Gasteiger partial charge in [-0.15, -0.1) is 11.3 Å². The first-order valence-electron chi connectivity index (χ1n) is 7.46. The van der Waals surface area contributed by atoms with Gasteiger partial charge in [-0.2, -0.15) is 0 Å². The third-order valence-electron chi connectivity index (χ3n) is 3.69. The molecule has 3 aromatic rings. The van der Waals surface area contributed by atoms with Gasteiger partial charge in [0.05, 0.1) is 10.7 Å². The molecule has 0 spiro atoms. The molecular weight excluding hydrogens is 404 g/mol. The van der Waals surface area contributed by atoms with E-state index < -0.39 is 0 Å². The number of halogens is 1. The van der Waals surface area contributed by atoms with Crippen LogP contribution in [0.1, 0.15) is 15.2 Å². The number of anilines is 3. The number of fused-ring (bicyclic) bond motifs is 1. The molecule has 0 saturated heterocycles. The van der Waals surface area contributed by atoms with Crippen LogP contribution in [-0.2, 0) is 0 Å². The molecule has 0 aliphatic carbocycles. The fraction of sp³-hybridized carbons (Fsp3) is 0.0556. The van der Waals surface area contributed by atoms with Crippen LogP contribution < -0.4 is 20.5 Å².